The SMILES string of the molecule is O=C1NCC(C(=O)NC(CO)C(=O)N2CCN(c3ncccn3)CC2)N1. The van der Waals surface area contributed by atoms with E-state index in [1.54, 1.807) is 23.4 Å². The van der Waals surface area contributed by atoms with E-state index in [0.717, 1.165) is 0 Å². The van der Waals surface area contributed by atoms with Crippen LogP contribution in [0.4, 0.5) is 10.7 Å². The van der Waals surface area contributed by atoms with Gasteiger partial charge in [-0.3, -0.25) is 9.59 Å². The maximum atomic E-state index is 12.6. The molecule has 0 radical (unpaired) electrons. The lowest BCUT2D eigenvalue weighted by Gasteiger charge is -2.36. The van der Waals surface area contributed by atoms with Crippen LogP contribution in [0.1, 0.15) is 0 Å². The maximum absolute atomic E-state index is 12.6. The summed E-state index contributed by atoms with van der Waals surface area (Å²) in [6, 6.07) is -0.493. The monoisotopic (exact) mass is 363 g/mol. The van der Waals surface area contributed by atoms with Crippen molar-refractivity contribution >= 4 is 23.8 Å². The molecule has 26 heavy (non-hydrogen) atoms. The summed E-state index contributed by atoms with van der Waals surface area (Å²) < 4.78 is 0. The van der Waals surface area contributed by atoms with Crippen molar-refractivity contribution in [1.82, 2.24) is 30.8 Å². The Morgan fingerprint density at radius 2 is 1.96 bits per heavy atom. The number of hydrogen-bond acceptors (Lipinski definition) is 7. The first-order chi connectivity index (χ1) is 12.6. The van der Waals surface area contributed by atoms with Crippen molar-refractivity contribution in [2.75, 3.05) is 44.2 Å². The fourth-order valence-corrected chi connectivity index (χ4v) is 2.87. The number of urea groups is 1. The molecule has 1 aromatic rings. The van der Waals surface area contributed by atoms with Gasteiger partial charge in [-0.05, 0) is 6.07 Å². The maximum Gasteiger partial charge on any atom is 0.315 e. The summed E-state index contributed by atoms with van der Waals surface area (Å²) in [5.41, 5.74) is 0. The molecule has 2 saturated heterocycles. The normalized spacial score (nSPS) is 21.0. The molecule has 140 valence electrons. The van der Waals surface area contributed by atoms with Gasteiger partial charge < -0.3 is 30.9 Å². The van der Waals surface area contributed by atoms with Crippen molar-refractivity contribution in [3.63, 3.8) is 0 Å². The topological polar surface area (TPSA) is 140 Å². The van der Waals surface area contributed by atoms with Gasteiger partial charge in [-0.1, -0.05) is 0 Å². The van der Waals surface area contributed by atoms with Crippen LogP contribution in [-0.2, 0) is 9.59 Å². The van der Waals surface area contributed by atoms with Crippen LogP contribution in [0.15, 0.2) is 18.5 Å². The number of hydrogen-bond donors (Lipinski definition) is 4. The number of carbonyl (C=O) groups excluding carboxylic acids is 3. The third-order valence-corrected chi connectivity index (χ3v) is 4.31. The van der Waals surface area contributed by atoms with E-state index in [2.05, 4.69) is 25.9 Å². The molecule has 3 rings (SSSR count). The molecule has 4 amide bonds. The molecule has 2 fully saturated rings. The van der Waals surface area contributed by atoms with Gasteiger partial charge in [0.15, 0.2) is 0 Å². The zero-order valence-electron chi connectivity index (χ0n) is 14.1. The van der Waals surface area contributed by atoms with E-state index in [0.29, 0.717) is 32.1 Å². The average Bonchev–Trinajstić information content (AvgIpc) is 3.13. The highest BCUT2D eigenvalue weighted by atomic mass is 16.3. The molecule has 2 atom stereocenters. The first-order valence-corrected chi connectivity index (χ1v) is 8.35. The molecule has 2 aliphatic rings. The highest BCUT2D eigenvalue weighted by Gasteiger charge is 2.32. The van der Waals surface area contributed by atoms with E-state index >= 15 is 0 Å². The van der Waals surface area contributed by atoms with Gasteiger partial charge >= 0.3 is 6.03 Å². The van der Waals surface area contributed by atoms with Crippen LogP contribution >= 0.6 is 0 Å². The van der Waals surface area contributed by atoms with Crippen LogP contribution in [0.3, 0.4) is 0 Å². The van der Waals surface area contributed by atoms with Crippen molar-refractivity contribution in [3.05, 3.63) is 18.5 Å². The molecule has 11 nitrogen and oxygen atoms in total. The Morgan fingerprint density at radius 3 is 2.54 bits per heavy atom. The molecule has 0 aromatic carbocycles. The molecular formula is C15H21N7O4. The number of nitrogens with zero attached hydrogens (tertiary/aromatic N) is 4. The van der Waals surface area contributed by atoms with Gasteiger partial charge in [0.25, 0.3) is 0 Å². The van der Waals surface area contributed by atoms with Crippen LogP contribution < -0.4 is 20.9 Å². The number of aliphatic hydroxyl groups is 1. The minimum atomic E-state index is -1.04. The third kappa shape index (κ3) is 3.99. The number of amides is 4. The van der Waals surface area contributed by atoms with E-state index < -0.39 is 30.6 Å². The van der Waals surface area contributed by atoms with E-state index in [1.807, 2.05) is 4.90 Å². The lowest BCUT2D eigenvalue weighted by Crippen LogP contribution is -2.58. The lowest BCUT2D eigenvalue weighted by atomic mass is 10.2. The van der Waals surface area contributed by atoms with Crippen molar-refractivity contribution in [3.8, 4) is 0 Å². The molecule has 11 heteroatoms. The summed E-state index contributed by atoms with van der Waals surface area (Å²) in [5, 5.41) is 16.9. The largest absolute Gasteiger partial charge is 0.394 e. The Bertz CT molecular complexity index is 663. The van der Waals surface area contributed by atoms with Crippen molar-refractivity contribution in [1.29, 1.82) is 0 Å². The second kappa shape index (κ2) is 7.95. The smallest absolute Gasteiger partial charge is 0.315 e. The first-order valence-electron chi connectivity index (χ1n) is 8.35. The van der Waals surface area contributed by atoms with Gasteiger partial charge in [-0.25, -0.2) is 14.8 Å². The minimum Gasteiger partial charge on any atom is -0.394 e. The van der Waals surface area contributed by atoms with Crippen molar-refractivity contribution < 1.29 is 19.5 Å². The van der Waals surface area contributed by atoms with E-state index in [9.17, 15) is 19.5 Å². The summed E-state index contributed by atoms with van der Waals surface area (Å²) in [6.45, 7) is 1.62. The highest BCUT2D eigenvalue weighted by Crippen LogP contribution is 2.10. The number of piperazine rings is 1. The second-order valence-corrected chi connectivity index (χ2v) is 6.01. The fraction of sp³-hybridized carbons (Fsp3) is 0.533. The summed E-state index contributed by atoms with van der Waals surface area (Å²) in [5.74, 6) is -0.255. The lowest BCUT2D eigenvalue weighted by molar-refractivity contribution is -0.138. The summed E-state index contributed by atoms with van der Waals surface area (Å²) in [4.78, 5) is 47.7. The Kier molecular flexibility index (Phi) is 5.46. The number of nitrogens with one attached hydrogen (secondary N) is 3. The first kappa shape index (κ1) is 17.9. The Balaban J connectivity index is 1.52. The Hall–Kier alpha value is -2.95. The molecule has 0 bridgehead atoms. The minimum absolute atomic E-state index is 0.146. The number of anilines is 1. The zero-order chi connectivity index (χ0) is 18.5. The molecule has 4 N–H and O–H groups in total. The predicted octanol–water partition coefficient (Wildman–Crippen LogP) is -2.72. The van der Waals surface area contributed by atoms with E-state index in [-0.39, 0.29) is 12.5 Å². The third-order valence-electron chi connectivity index (χ3n) is 4.31. The van der Waals surface area contributed by atoms with Crippen LogP contribution in [-0.4, -0.2) is 89.2 Å². The van der Waals surface area contributed by atoms with Gasteiger partial charge in [0.05, 0.1) is 6.61 Å². The van der Waals surface area contributed by atoms with Crippen molar-refractivity contribution in [2.24, 2.45) is 0 Å². The predicted molar refractivity (Wildman–Crippen MR) is 90.2 cm³/mol. The molecule has 3 heterocycles. The van der Waals surface area contributed by atoms with Crippen LogP contribution in [0.2, 0.25) is 0 Å². The summed E-state index contributed by atoms with van der Waals surface area (Å²) >= 11 is 0. The Labute approximate surface area is 149 Å². The van der Waals surface area contributed by atoms with Gasteiger partial charge in [-0.15, -0.1) is 0 Å². The fourth-order valence-electron chi connectivity index (χ4n) is 2.87. The molecule has 0 saturated carbocycles. The van der Waals surface area contributed by atoms with Crippen LogP contribution in [0.25, 0.3) is 0 Å². The van der Waals surface area contributed by atoms with Gasteiger partial charge in [-0.2, -0.15) is 0 Å². The molecule has 2 unspecified atom stereocenters. The summed E-state index contributed by atoms with van der Waals surface area (Å²) in [6.07, 6.45) is 3.32. The number of aliphatic hydroxyl groups excluding tert-OH is 1. The quantitative estimate of drug-likeness (QED) is 0.446. The number of rotatable bonds is 5. The van der Waals surface area contributed by atoms with Gasteiger partial charge in [0.1, 0.15) is 12.1 Å². The van der Waals surface area contributed by atoms with E-state index in [4.69, 9.17) is 0 Å². The number of carbonyl (C=O) groups is 3. The van der Waals surface area contributed by atoms with Gasteiger partial charge in [0.2, 0.25) is 17.8 Å². The molecule has 2 aliphatic heterocycles. The van der Waals surface area contributed by atoms with Crippen LogP contribution in [0, 0.1) is 0 Å². The highest BCUT2D eigenvalue weighted by molar-refractivity contribution is 5.93. The van der Waals surface area contributed by atoms with Crippen LogP contribution in [0.5, 0.6) is 0 Å². The molecule has 0 spiro atoms. The Morgan fingerprint density at radius 1 is 1.27 bits per heavy atom. The standard InChI is InChI=1S/C15H21N7O4/c23-9-11(19-12(24)10-8-18-15(26)20-10)13(25)21-4-6-22(7-5-21)14-16-2-1-3-17-14/h1-3,10-11,23H,4-9H2,(H,19,24)(H2,18,20,26). The van der Waals surface area contributed by atoms with Gasteiger partial charge in [0, 0.05) is 45.1 Å². The average molecular weight is 363 g/mol. The van der Waals surface area contributed by atoms with E-state index in [1.165, 1.54) is 0 Å². The molecular weight excluding hydrogens is 342 g/mol. The molecule has 0 aliphatic carbocycles. The molecule has 1 aromatic heterocycles. The summed E-state index contributed by atoms with van der Waals surface area (Å²) in [7, 11) is 0. The number of aromatic nitrogens is 2. The zero-order valence-corrected chi connectivity index (χ0v) is 14.1. The van der Waals surface area contributed by atoms with Crippen molar-refractivity contribution in [2.45, 2.75) is 12.1 Å². The second-order valence-electron chi connectivity index (χ2n) is 6.01.